The fraction of sp³-hybridized carbons (Fsp3) is 0.167. The van der Waals surface area contributed by atoms with Gasteiger partial charge in [-0.15, -0.1) is 0 Å². The highest BCUT2D eigenvalue weighted by molar-refractivity contribution is 6.02. The van der Waals surface area contributed by atoms with Gasteiger partial charge in [-0.25, -0.2) is 4.98 Å². The molecule has 4 aromatic rings. The number of aromatic nitrogens is 2. The molecule has 0 unspecified atom stereocenters. The molecule has 2 aromatic carbocycles. The smallest absolute Gasteiger partial charge is 0.255 e. The molecule has 3 N–H and O–H groups in total. The van der Waals surface area contributed by atoms with Gasteiger partial charge in [-0.2, -0.15) is 0 Å². The van der Waals surface area contributed by atoms with Crippen LogP contribution in [0.2, 0.25) is 0 Å². The molecule has 0 radical (unpaired) electrons. The minimum atomic E-state index is -0.122. The second-order valence-corrected chi connectivity index (χ2v) is 7.48. The van der Waals surface area contributed by atoms with Gasteiger partial charge in [0.2, 0.25) is 0 Å². The van der Waals surface area contributed by atoms with E-state index in [9.17, 15) is 4.79 Å². The number of carbonyl (C=O) groups is 1. The summed E-state index contributed by atoms with van der Waals surface area (Å²) in [7, 11) is 5.10. The molecular weight excluding hydrogens is 376 g/mol. The van der Waals surface area contributed by atoms with Gasteiger partial charge in [0.05, 0.1) is 12.7 Å². The molecule has 152 valence electrons. The van der Waals surface area contributed by atoms with Gasteiger partial charge in [-0.3, -0.25) is 4.79 Å². The van der Waals surface area contributed by atoms with E-state index in [1.807, 2.05) is 49.5 Å². The van der Waals surface area contributed by atoms with Crippen molar-refractivity contribution in [2.24, 2.45) is 0 Å². The van der Waals surface area contributed by atoms with E-state index in [-0.39, 0.29) is 5.91 Å². The van der Waals surface area contributed by atoms with Crippen LogP contribution in [0, 0.1) is 6.92 Å². The molecule has 0 spiro atoms. The Labute approximate surface area is 175 Å². The number of anilines is 1. The van der Waals surface area contributed by atoms with Crippen molar-refractivity contribution in [3.8, 4) is 28.0 Å². The SMILES string of the molecule is COc1ccccc1-c1c[nH]c2ncc(-c3cc(C)c(N)c(C(=O)N(C)C)c3)cc12. The van der Waals surface area contributed by atoms with Gasteiger partial charge in [0.15, 0.2) is 0 Å². The number of ether oxygens (including phenoxy) is 1. The zero-order valence-electron chi connectivity index (χ0n) is 17.5. The maximum absolute atomic E-state index is 12.6. The van der Waals surface area contributed by atoms with Gasteiger partial charge in [-0.05, 0) is 42.3 Å². The van der Waals surface area contributed by atoms with Crippen LogP contribution >= 0.6 is 0 Å². The molecule has 6 heteroatoms. The first-order valence-electron chi connectivity index (χ1n) is 9.63. The van der Waals surface area contributed by atoms with Crippen LogP contribution in [-0.2, 0) is 0 Å². The molecule has 0 saturated heterocycles. The summed E-state index contributed by atoms with van der Waals surface area (Å²) in [5, 5.41) is 0.979. The van der Waals surface area contributed by atoms with Crippen molar-refractivity contribution in [3.63, 3.8) is 0 Å². The Morgan fingerprint density at radius 2 is 1.87 bits per heavy atom. The van der Waals surface area contributed by atoms with E-state index in [4.69, 9.17) is 10.5 Å². The molecule has 0 aliphatic rings. The first-order chi connectivity index (χ1) is 14.4. The average Bonchev–Trinajstić information content (AvgIpc) is 3.18. The van der Waals surface area contributed by atoms with Crippen LogP contribution in [0.1, 0.15) is 15.9 Å². The number of pyridine rings is 1. The average molecular weight is 400 g/mol. The van der Waals surface area contributed by atoms with Crippen molar-refractivity contribution < 1.29 is 9.53 Å². The minimum absolute atomic E-state index is 0.122. The molecule has 1 amide bonds. The predicted octanol–water partition coefficient (Wildman–Crippen LogP) is 4.50. The van der Waals surface area contributed by atoms with Crippen LogP contribution in [0.4, 0.5) is 5.69 Å². The highest BCUT2D eigenvalue weighted by atomic mass is 16.5. The molecule has 0 aliphatic carbocycles. The van der Waals surface area contributed by atoms with Crippen LogP contribution < -0.4 is 10.5 Å². The number of nitrogen functional groups attached to an aromatic ring is 1. The molecule has 0 bridgehead atoms. The van der Waals surface area contributed by atoms with E-state index in [1.165, 1.54) is 4.90 Å². The van der Waals surface area contributed by atoms with Crippen molar-refractivity contribution in [1.29, 1.82) is 0 Å². The number of methoxy groups -OCH3 is 1. The number of nitrogens with two attached hydrogens (primary N) is 1. The summed E-state index contributed by atoms with van der Waals surface area (Å²) in [6, 6.07) is 13.8. The molecular formula is C24H24N4O2. The summed E-state index contributed by atoms with van der Waals surface area (Å²) in [4.78, 5) is 22.0. The zero-order chi connectivity index (χ0) is 21.4. The molecule has 4 rings (SSSR count). The van der Waals surface area contributed by atoms with Gasteiger partial charge in [0.1, 0.15) is 11.4 Å². The Morgan fingerprint density at radius 3 is 2.60 bits per heavy atom. The molecule has 0 atom stereocenters. The number of aromatic amines is 1. The number of fused-ring (bicyclic) bond motifs is 1. The van der Waals surface area contributed by atoms with Gasteiger partial charge in [-0.1, -0.05) is 18.2 Å². The van der Waals surface area contributed by atoms with E-state index in [0.717, 1.165) is 44.6 Å². The van der Waals surface area contributed by atoms with Crippen LogP contribution in [0.25, 0.3) is 33.3 Å². The van der Waals surface area contributed by atoms with E-state index in [1.54, 1.807) is 27.4 Å². The third kappa shape index (κ3) is 3.26. The Hall–Kier alpha value is -3.80. The lowest BCUT2D eigenvalue weighted by Crippen LogP contribution is -2.23. The van der Waals surface area contributed by atoms with Gasteiger partial charge >= 0.3 is 0 Å². The topological polar surface area (TPSA) is 84.2 Å². The predicted molar refractivity (Wildman–Crippen MR) is 121 cm³/mol. The maximum Gasteiger partial charge on any atom is 0.255 e. The zero-order valence-corrected chi connectivity index (χ0v) is 17.5. The molecule has 0 aliphatic heterocycles. The number of amides is 1. The number of carbonyl (C=O) groups excluding carboxylic acids is 1. The van der Waals surface area contributed by atoms with Crippen molar-refractivity contribution in [2.75, 3.05) is 26.9 Å². The Balaban J connectivity index is 1.88. The fourth-order valence-corrected chi connectivity index (χ4v) is 3.63. The summed E-state index contributed by atoms with van der Waals surface area (Å²) in [6.07, 6.45) is 3.74. The second-order valence-electron chi connectivity index (χ2n) is 7.48. The van der Waals surface area contributed by atoms with Gasteiger partial charge in [0.25, 0.3) is 5.91 Å². The number of rotatable bonds is 4. The first-order valence-corrected chi connectivity index (χ1v) is 9.63. The van der Waals surface area contributed by atoms with Crippen LogP contribution in [-0.4, -0.2) is 42.0 Å². The van der Waals surface area contributed by atoms with Crippen molar-refractivity contribution in [1.82, 2.24) is 14.9 Å². The number of benzene rings is 2. The summed E-state index contributed by atoms with van der Waals surface area (Å²) in [6.45, 7) is 1.91. The van der Waals surface area contributed by atoms with Crippen LogP contribution in [0.3, 0.4) is 0 Å². The number of aryl methyl sites for hydroxylation is 1. The lowest BCUT2D eigenvalue weighted by molar-refractivity contribution is 0.0828. The van der Waals surface area contributed by atoms with Crippen molar-refractivity contribution in [2.45, 2.75) is 6.92 Å². The van der Waals surface area contributed by atoms with E-state index < -0.39 is 0 Å². The standard InChI is InChI=1S/C24H24N4O2/c1-14-9-15(10-19(22(14)25)24(29)28(2)3)16-11-18-20(13-27-23(18)26-12-16)17-7-5-6-8-21(17)30-4/h5-13H,25H2,1-4H3,(H,26,27). The normalized spacial score (nSPS) is 10.9. The third-order valence-corrected chi connectivity index (χ3v) is 5.29. The number of nitrogens with one attached hydrogen (secondary N) is 1. The lowest BCUT2D eigenvalue weighted by atomic mass is 9.97. The van der Waals surface area contributed by atoms with Crippen LogP contribution in [0.15, 0.2) is 54.9 Å². The lowest BCUT2D eigenvalue weighted by Gasteiger charge is -2.15. The van der Waals surface area contributed by atoms with E-state index in [0.29, 0.717) is 11.3 Å². The van der Waals surface area contributed by atoms with Gasteiger partial charge < -0.3 is 20.4 Å². The number of hydrogen-bond acceptors (Lipinski definition) is 4. The molecule has 2 aromatic heterocycles. The number of hydrogen-bond donors (Lipinski definition) is 2. The van der Waals surface area contributed by atoms with Crippen LogP contribution in [0.5, 0.6) is 5.75 Å². The molecule has 30 heavy (non-hydrogen) atoms. The molecule has 0 fully saturated rings. The highest BCUT2D eigenvalue weighted by Gasteiger charge is 2.17. The van der Waals surface area contributed by atoms with Gasteiger partial charge in [0, 0.05) is 54.3 Å². The monoisotopic (exact) mass is 400 g/mol. The number of para-hydroxylation sites is 1. The summed E-state index contributed by atoms with van der Waals surface area (Å²) in [5.74, 6) is 0.675. The van der Waals surface area contributed by atoms with Crippen molar-refractivity contribution >= 4 is 22.6 Å². The first kappa shape index (κ1) is 19.5. The molecule has 6 nitrogen and oxygen atoms in total. The second kappa shape index (κ2) is 7.55. The fourth-order valence-electron chi connectivity index (χ4n) is 3.63. The number of nitrogens with zero attached hydrogens (tertiary/aromatic N) is 2. The Kier molecular flexibility index (Phi) is 4.91. The Morgan fingerprint density at radius 1 is 1.10 bits per heavy atom. The largest absolute Gasteiger partial charge is 0.496 e. The number of H-pyrrole nitrogens is 1. The quantitative estimate of drug-likeness (QED) is 0.494. The summed E-state index contributed by atoms with van der Waals surface area (Å²) >= 11 is 0. The Bertz CT molecular complexity index is 1260. The molecule has 0 saturated carbocycles. The van der Waals surface area contributed by atoms with E-state index in [2.05, 4.69) is 16.0 Å². The third-order valence-electron chi connectivity index (χ3n) is 5.29. The molecule has 2 heterocycles. The minimum Gasteiger partial charge on any atom is -0.496 e. The summed E-state index contributed by atoms with van der Waals surface area (Å²) in [5.41, 5.74) is 12.6. The van der Waals surface area contributed by atoms with Crippen molar-refractivity contribution in [3.05, 3.63) is 66.0 Å². The highest BCUT2D eigenvalue weighted by Crippen LogP contribution is 2.36. The van der Waals surface area contributed by atoms with E-state index >= 15 is 0 Å². The maximum atomic E-state index is 12.6. The summed E-state index contributed by atoms with van der Waals surface area (Å²) < 4.78 is 5.54.